The molecule has 0 aliphatic carbocycles. The molecule has 0 unspecified atom stereocenters. The third-order valence-electron chi connectivity index (χ3n) is 3.46. The van der Waals surface area contributed by atoms with Crippen LogP contribution >= 0.6 is 23.5 Å². The number of nitrogens with one attached hydrogen (secondary N) is 2. The first-order valence-corrected chi connectivity index (χ1v) is 9.83. The highest BCUT2D eigenvalue weighted by molar-refractivity contribution is 8.14. The summed E-state index contributed by atoms with van der Waals surface area (Å²) in [4.78, 5) is 16.0. The van der Waals surface area contributed by atoms with Gasteiger partial charge in [0.05, 0.1) is 11.4 Å². The van der Waals surface area contributed by atoms with Gasteiger partial charge in [0.1, 0.15) is 0 Å². The van der Waals surface area contributed by atoms with Gasteiger partial charge in [-0.05, 0) is 42.0 Å². The third-order valence-corrected chi connectivity index (χ3v) is 5.06. The molecule has 3 rings (SSSR count). The number of aliphatic imine (C=N–C) groups is 1. The topological polar surface area (TPSA) is 65.8 Å². The number of amides is 1. The van der Waals surface area contributed by atoms with E-state index in [0.717, 1.165) is 17.0 Å². The highest BCUT2D eigenvalue weighted by atomic mass is 32.2. The molecule has 1 aliphatic heterocycles. The van der Waals surface area contributed by atoms with Crippen LogP contribution in [-0.2, 0) is 4.79 Å². The summed E-state index contributed by atoms with van der Waals surface area (Å²) < 4.78 is 24.7. The number of amidine groups is 1. The molecule has 0 fully saturated rings. The van der Waals surface area contributed by atoms with Crippen LogP contribution in [0.4, 0.5) is 20.2 Å². The van der Waals surface area contributed by atoms with E-state index in [1.54, 1.807) is 24.3 Å². The maximum absolute atomic E-state index is 12.3. The number of thioether (sulfide) groups is 2. The molecule has 0 atom stereocenters. The number of benzene rings is 2. The highest BCUT2D eigenvalue weighted by Gasteiger charge is 2.13. The molecule has 140 valence electrons. The lowest BCUT2D eigenvalue weighted by Crippen LogP contribution is -2.25. The quantitative estimate of drug-likeness (QED) is 0.707. The van der Waals surface area contributed by atoms with E-state index >= 15 is 0 Å². The van der Waals surface area contributed by atoms with E-state index in [1.807, 2.05) is 24.3 Å². The van der Waals surface area contributed by atoms with Gasteiger partial charge in [0.15, 0.2) is 5.17 Å². The molecule has 1 amide bonds. The van der Waals surface area contributed by atoms with E-state index in [9.17, 15) is 13.6 Å². The van der Waals surface area contributed by atoms with Crippen LogP contribution in [0.25, 0.3) is 0 Å². The minimum absolute atomic E-state index is 0.114. The van der Waals surface area contributed by atoms with Crippen molar-refractivity contribution in [3.8, 4) is 0 Å². The Morgan fingerprint density at radius 1 is 1.22 bits per heavy atom. The van der Waals surface area contributed by atoms with Crippen LogP contribution in [0.15, 0.2) is 63.5 Å². The van der Waals surface area contributed by atoms with Crippen molar-refractivity contribution in [1.29, 1.82) is 0 Å². The van der Waals surface area contributed by atoms with Crippen molar-refractivity contribution in [2.24, 2.45) is 10.1 Å². The monoisotopic (exact) mass is 406 g/mol. The van der Waals surface area contributed by atoms with E-state index in [4.69, 9.17) is 0 Å². The van der Waals surface area contributed by atoms with Gasteiger partial charge in [-0.1, -0.05) is 35.7 Å². The standard InChI is InChI=1S/C18H16F2N4OS2/c1-11(25)21-13-4-2-12(3-5-13)16-10-26-18(24-23-16)22-14-6-8-15(9-7-14)27-17(19)20/h2-9,17H,10H2,1H3,(H,21,25)(H,22,24). The average molecular weight is 406 g/mol. The molecule has 0 radical (unpaired) electrons. The van der Waals surface area contributed by atoms with E-state index in [2.05, 4.69) is 20.8 Å². The predicted octanol–water partition coefficient (Wildman–Crippen LogP) is 4.69. The second kappa shape index (κ2) is 9.01. The molecular formula is C18H16F2N4OS2. The fraction of sp³-hybridized carbons (Fsp3) is 0.167. The first-order chi connectivity index (χ1) is 13.0. The fourth-order valence-electron chi connectivity index (χ4n) is 2.29. The molecule has 1 heterocycles. The summed E-state index contributed by atoms with van der Waals surface area (Å²) in [5.41, 5.74) is 6.15. The van der Waals surface area contributed by atoms with Crippen LogP contribution in [0.5, 0.6) is 0 Å². The van der Waals surface area contributed by atoms with Gasteiger partial charge >= 0.3 is 0 Å². The highest BCUT2D eigenvalue weighted by Crippen LogP contribution is 2.27. The van der Waals surface area contributed by atoms with Crippen LogP contribution in [-0.4, -0.2) is 28.3 Å². The molecule has 0 saturated heterocycles. The second-order valence-corrected chi connectivity index (χ2v) is 7.53. The summed E-state index contributed by atoms with van der Waals surface area (Å²) in [6, 6.07) is 14.1. The van der Waals surface area contributed by atoms with Crippen molar-refractivity contribution in [3.05, 3.63) is 54.1 Å². The van der Waals surface area contributed by atoms with Gasteiger partial charge in [-0.3, -0.25) is 10.2 Å². The molecule has 5 nitrogen and oxygen atoms in total. The summed E-state index contributed by atoms with van der Waals surface area (Å²) in [6.45, 7) is 1.46. The number of halogens is 2. The molecule has 27 heavy (non-hydrogen) atoms. The van der Waals surface area contributed by atoms with Gasteiger partial charge in [0, 0.05) is 23.3 Å². The van der Waals surface area contributed by atoms with E-state index in [-0.39, 0.29) is 5.91 Å². The number of carbonyl (C=O) groups is 1. The van der Waals surface area contributed by atoms with E-state index in [0.29, 0.717) is 33.3 Å². The lowest BCUT2D eigenvalue weighted by Gasteiger charge is -2.15. The Morgan fingerprint density at radius 3 is 2.48 bits per heavy atom. The van der Waals surface area contributed by atoms with Gasteiger partial charge in [-0.15, -0.1) is 0 Å². The number of alkyl halides is 2. The van der Waals surface area contributed by atoms with Crippen LogP contribution in [0.3, 0.4) is 0 Å². The Hall–Kier alpha value is -2.39. The Labute approximate surface area is 163 Å². The Bertz CT molecular complexity index is 868. The molecule has 0 bridgehead atoms. The van der Waals surface area contributed by atoms with E-state index < -0.39 is 5.76 Å². The second-order valence-electron chi connectivity index (χ2n) is 5.51. The summed E-state index contributed by atoms with van der Waals surface area (Å²) in [5.74, 6) is -1.90. The normalized spacial score (nSPS) is 15.4. The Kier molecular flexibility index (Phi) is 6.46. The van der Waals surface area contributed by atoms with E-state index in [1.165, 1.54) is 18.7 Å². The predicted molar refractivity (Wildman–Crippen MR) is 108 cm³/mol. The van der Waals surface area contributed by atoms with Crippen LogP contribution in [0, 0.1) is 0 Å². The maximum Gasteiger partial charge on any atom is 0.288 e. The van der Waals surface area contributed by atoms with Gasteiger partial charge in [-0.2, -0.15) is 13.9 Å². The number of carbonyl (C=O) groups excluding carboxylic acids is 1. The average Bonchev–Trinajstić information content (AvgIpc) is 2.64. The van der Waals surface area contributed by atoms with Gasteiger partial charge in [-0.25, -0.2) is 4.99 Å². The number of anilines is 1. The molecular weight excluding hydrogens is 390 g/mol. The first kappa shape index (κ1) is 19.4. The fourth-order valence-corrected chi connectivity index (χ4v) is 3.57. The minimum atomic E-state index is -2.43. The number of rotatable bonds is 5. The largest absolute Gasteiger partial charge is 0.326 e. The van der Waals surface area contributed by atoms with Crippen molar-refractivity contribution in [1.82, 2.24) is 5.43 Å². The lowest BCUT2D eigenvalue weighted by molar-refractivity contribution is -0.114. The molecule has 2 aromatic carbocycles. The summed E-state index contributed by atoms with van der Waals surface area (Å²) in [5, 5.41) is 7.71. The zero-order valence-corrected chi connectivity index (χ0v) is 15.9. The summed E-state index contributed by atoms with van der Waals surface area (Å²) in [7, 11) is 0. The molecule has 0 aromatic heterocycles. The number of hydrazone groups is 1. The summed E-state index contributed by atoms with van der Waals surface area (Å²) >= 11 is 2.01. The van der Waals surface area contributed by atoms with Crippen molar-refractivity contribution < 1.29 is 13.6 Å². The third kappa shape index (κ3) is 5.80. The number of hydrogen-bond donors (Lipinski definition) is 2. The molecule has 2 aromatic rings. The number of hydrogen-bond acceptors (Lipinski definition) is 5. The minimum Gasteiger partial charge on any atom is -0.326 e. The van der Waals surface area contributed by atoms with Gasteiger partial charge in [0.25, 0.3) is 5.76 Å². The lowest BCUT2D eigenvalue weighted by atomic mass is 10.1. The van der Waals surface area contributed by atoms with Gasteiger partial charge < -0.3 is 5.32 Å². The Morgan fingerprint density at radius 2 is 1.93 bits per heavy atom. The summed E-state index contributed by atoms with van der Waals surface area (Å²) in [6.07, 6.45) is 0. The van der Waals surface area contributed by atoms with Crippen LogP contribution in [0.2, 0.25) is 0 Å². The Balaban J connectivity index is 1.63. The van der Waals surface area contributed by atoms with Crippen LogP contribution in [0.1, 0.15) is 12.5 Å². The zero-order valence-electron chi connectivity index (χ0n) is 14.3. The number of nitrogens with zero attached hydrogens (tertiary/aromatic N) is 2. The van der Waals surface area contributed by atoms with Crippen molar-refractivity contribution in [3.63, 3.8) is 0 Å². The SMILES string of the molecule is CC(=O)Nc1ccc(C2=NNC(=Nc3ccc(SC(F)F)cc3)SC2)cc1. The molecule has 0 saturated carbocycles. The molecule has 1 aliphatic rings. The van der Waals surface area contributed by atoms with Crippen molar-refractivity contribution in [2.45, 2.75) is 17.6 Å². The molecule has 0 spiro atoms. The maximum atomic E-state index is 12.3. The van der Waals surface area contributed by atoms with Crippen molar-refractivity contribution >= 4 is 51.7 Å². The van der Waals surface area contributed by atoms with Crippen LogP contribution < -0.4 is 10.7 Å². The zero-order chi connectivity index (χ0) is 19.2. The molecule has 2 N–H and O–H groups in total. The molecule has 9 heteroatoms. The first-order valence-electron chi connectivity index (χ1n) is 7.96. The smallest absolute Gasteiger partial charge is 0.288 e. The van der Waals surface area contributed by atoms with Crippen molar-refractivity contribution in [2.75, 3.05) is 11.1 Å². The van der Waals surface area contributed by atoms with Gasteiger partial charge in [0.2, 0.25) is 5.91 Å².